The number of hydrogen-bond donors (Lipinski definition) is 2. The van der Waals surface area contributed by atoms with Crippen LogP contribution in [0.4, 0.5) is 11.5 Å². The zero-order chi connectivity index (χ0) is 15.9. The van der Waals surface area contributed by atoms with Crippen LogP contribution >= 0.6 is 0 Å². The molecule has 128 valence electrons. The number of nitrogen functional groups attached to an aromatic ring is 1. The first-order valence-electron chi connectivity index (χ1n) is 8.09. The summed E-state index contributed by atoms with van der Waals surface area (Å²) in [5.41, 5.74) is 3.66. The Bertz CT molecular complexity index is 490. The summed E-state index contributed by atoms with van der Waals surface area (Å²) in [6.07, 6.45) is 0. The monoisotopic (exact) mass is 323 g/mol. The maximum absolute atomic E-state index is 5.84. The molecule has 8 nitrogen and oxygen atoms in total. The molecule has 0 aliphatic carbocycles. The van der Waals surface area contributed by atoms with Gasteiger partial charge in [-0.25, -0.2) is 5.84 Å². The zero-order valence-electron chi connectivity index (χ0n) is 13.4. The van der Waals surface area contributed by atoms with Crippen LogP contribution in [0.2, 0.25) is 0 Å². The molecular formula is C15H25N5O3. The Kier molecular flexibility index (Phi) is 5.87. The van der Waals surface area contributed by atoms with Crippen LogP contribution in [0.15, 0.2) is 12.1 Å². The molecule has 2 aliphatic rings. The maximum atomic E-state index is 5.84. The number of rotatable bonds is 6. The number of anilines is 2. The van der Waals surface area contributed by atoms with Gasteiger partial charge < -0.3 is 24.5 Å². The van der Waals surface area contributed by atoms with Crippen molar-refractivity contribution in [3.05, 3.63) is 12.1 Å². The predicted octanol–water partition coefficient (Wildman–Crippen LogP) is -0.0852. The summed E-state index contributed by atoms with van der Waals surface area (Å²) < 4.78 is 16.6. The molecule has 3 rings (SSSR count). The third-order valence-corrected chi connectivity index (χ3v) is 4.07. The number of hydrazine groups is 1. The first-order chi connectivity index (χ1) is 11.3. The van der Waals surface area contributed by atoms with E-state index in [9.17, 15) is 0 Å². The molecule has 0 atom stereocenters. The second-order valence-corrected chi connectivity index (χ2v) is 5.60. The summed E-state index contributed by atoms with van der Waals surface area (Å²) in [7, 11) is 0. The molecule has 3 N–H and O–H groups in total. The van der Waals surface area contributed by atoms with E-state index in [1.807, 2.05) is 12.1 Å². The number of morpholine rings is 2. The number of nitrogens with zero attached hydrogens (tertiary/aromatic N) is 3. The van der Waals surface area contributed by atoms with Crippen molar-refractivity contribution in [3.63, 3.8) is 0 Å². The minimum absolute atomic E-state index is 0.593. The molecular weight excluding hydrogens is 298 g/mol. The molecule has 1 aromatic heterocycles. The summed E-state index contributed by atoms with van der Waals surface area (Å²) in [6, 6.07) is 3.89. The first-order valence-corrected chi connectivity index (χ1v) is 8.09. The van der Waals surface area contributed by atoms with Crippen molar-refractivity contribution in [2.24, 2.45) is 5.84 Å². The molecule has 0 unspecified atom stereocenters. The van der Waals surface area contributed by atoms with Gasteiger partial charge in [0.25, 0.3) is 0 Å². The summed E-state index contributed by atoms with van der Waals surface area (Å²) in [4.78, 5) is 8.95. The number of pyridine rings is 1. The smallest absolute Gasteiger partial charge is 0.217 e. The molecule has 0 saturated carbocycles. The van der Waals surface area contributed by atoms with Crippen molar-refractivity contribution in [1.29, 1.82) is 0 Å². The van der Waals surface area contributed by atoms with Crippen molar-refractivity contribution in [2.75, 3.05) is 76.1 Å². The molecule has 3 heterocycles. The molecule has 8 heteroatoms. The van der Waals surface area contributed by atoms with Crippen molar-refractivity contribution < 1.29 is 14.2 Å². The number of hydrogen-bond acceptors (Lipinski definition) is 8. The summed E-state index contributed by atoms with van der Waals surface area (Å²) in [5.74, 6) is 6.73. The van der Waals surface area contributed by atoms with Gasteiger partial charge in [0.1, 0.15) is 12.4 Å². The van der Waals surface area contributed by atoms with E-state index in [1.165, 1.54) is 0 Å². The van der Waals surface area contributed by atoms with Crippen LogP contribution in [0.5, 0.6) is 5.88 Å². The number of aromatic nitrogens is 1. The Morgan fingerprint density at radius 1 is 1.09 bits per heavy atom. The van der Waals surface area contributed by atoms with Crippen LogP contribution in [0.3, 0.4) is 0 Å². The Morgan fingerprint density at radius 2 is 1.78 bits per heavy atom. The molecule has 0 spiro atoms. The second-order valence-electron chi connectivity index (χ2n) is 5.60. The van der Waals surface area contributed by atoms with E-state index in [-0.39, 0.29) is 0 Å². The lowest BCUT2D eigenvalue weighted by Gasteiger charge is -2.29. The van der Waals surface area contributed by atoms with Gasteiger partial charge in [0.2, 0.25) is 5.88 Å². The second kappa shape index (κ2) is 8.30. The van der Waals surface area contributed by atoms with Crippen LogP contribution in [0.25, 0.3) is 0 Å². The van der Waals surface area contributed by atoms with E-state index < -0.39 is 0 Å². The number of nitrogens with two attached hydrogens (primary N) is 1. The standard InChI is InChI=1S/C15H25N5O3/c16-18-14-11-13(20-4-8-22-9-5-20)12-15(17-14)23-10-3-19-1-6-21-7-2-19/h11-12H,1-10,16H2,(H,17,18). The van der Waals surface area contributed by atoms with Gasteiger partial charge in [-0.05, 0) is 0 Å². The van der Waals surface area contributed by atoms with Gasteiger partial charge in [-0.3, -0.25) is 4.90 Å². The van der Waals surface area contributed by atoms with Crippen molar-refractivity contribution in [2.45, 2.75) is 0 Å². The highest BCUT2D eigenvalue weighted by Gasteiger charge is 2.14. The molecule has 2 saturated heterocycles. The van der Waals surface area contributed by atoms with Crippen molar-refractivity contribution in [3.8, 4) is 5.88 Å². The van der Waals surface area contributed by atoms with Crippen LogP contribution in [-0.2, 0) is 9.47 Å². The minimum Gasteiger partial charge on any atom is -0.476 e. The third kappa shape index (κ3) is 4.68. The summed E-state index contributed by atoms with van der Waals surface area (Å²) >= 11 is 0. The lowest BCUT2D eigenvalue weighted by Crippen LogP contribution is -2.38. The van der Waals surface area contributed by atoms with Gasteiger partial charge >= 0.3 is 0 Å². The average Bonchev–Trinajstić information content (AvgIpc) is 2.63. The fraction of sp³-hybridized carbons (Fsp3) is 0.667. The minimum atomic E-state index is 0.593. The third-order valence-electron chi connectivity index (χ3n) is 4.07. The SMILES string of the molecule is NNc1cc(N2CCOCC2)cc(OCCN2CCOCC2)n1. The van der Waals surface area contributed by atoms with E-state index in [0.717, 1.165) is 64.8 Å². The van der Waals surface area contributed by atoms with E-state index in [4.69, 9.17) is 20.1 Å². The van der Waals surface area contributed by atoms with Crippen LogP contribution in [0.1, 0.15) is 0 Å². The molecule has 2 aliphatic heterocycles. The molecule has 0 aromatic carbocycles. The van der Waals surface area contributed by atoms with Gasteiger partial charge in [-0.2, -0.15) is 4.98 Å². The van der Waals surface area contributed by atoms with Gasteiger partial charge in [-0.1, -0.05) is 0 Å². The van der Waals surface area contributed by atoms with E-state index in [1.54, 1.807) is 0 Å². The topological polar surface area (TPSA) is 85.1 Å². The molecule has 2 fully saturated rings. The largest absolute Gasteiger partial charge is 0.476 e. The average molecular weight is 323 g/mol. The van der Waals surface area contributed by atoms with Crippen LogP contribution in [0, 0.1) is 0 Å². The van der Waals surface area contributed by atoms with Crippen LogP contribution in [-0.4, -0.2) is 75.6 Å². The van der Waals surface area contributed by atoms with Gasteiger partial charge in [0, 0.05) is 50.5 Å². The molecule has 0 radical (unpaired) electrons. The van der Waals surface area contributed by atoms with Crippen molar-refractivity contribution >= 4 is 11.5 Å². The summed E-state index contributed by atoms with van der Waals surface area (Å²) in [5, 5.41) is 0. The predicted molar refractivity (Wildman–Crippen MR) is 87.8 cm³/mol. The fourth-order valence-corrected chi connectivity index (χ4v) is 2.75. The summed E-state index contributed by atoms with van der Waals surface area (Å²) in [6.45, 7) is 8.19. The lowest BCUT2D eigenvalue weighted by atomic mass is 10.3. The quantitative estimate of drug-likeness (QED) is 0.555. The molecule has 0 amide bonds. The zero-order valence-corrected chi connectivity index (χ0v) is 13.4. The highest BCUT2D eigenvalue weighted by atomic mass is 16.5. The van der Waals surface area contributed by atoms with Gasteiger partial charge in [0.15, 0.2) is 0 Å². The van der Waals surface area contributed by atoms with Crippen LogP contribution < -0.4 is 20.9 Å². The van der Waals surface area contributed by atoms with Crippen molar-refractivity contribution in [1.82, 2.24) is 9.88 Å². The number of ether oxygens (including phenoxy) is 3. The highest BCUT2D eigenvalue weighted by Crippen LogP contribution is 2.24. The molecule has 23 heavy (non-hydrogen) atoms. The van der Waals surface area contributed by atoms with Gasteiger partial charge in [0.05, 0.1) is 26.4 Å². The Labute approximate surface area is 136 Å². The van der Waals surface area contributed by atoms with Gasteiger partial charge in [-0.15, -0.1) is 0 Å². The normalized spacial score (nSPS) is 19.6. The Morgan fingerprint density at radius 3 is 2.48 bits per heavy atom. The molecule has 0 bridgehead atoms. The van der Waals surface area contributed by atoms with E-state index >= 15 is 0 Å². The van der Waals surface area contributed by atoms with E-state index in [2.05, 4.69) is 20.2 Å². The fourth-order valence-electron chi connectivity index (χ4n) is 2.75. The Balaban J connectivity index is 1.58. The number of nitrogens with one attached hydrogen (secondary N) is 1. The lowest BCUT2D eigenvalue weighted by molar-refractivity contribution is 0.0320. The highest BCUT2D eigenvalue weighted by molar-refractivity contribution is 5.56. The first kappa shape index (κ1) is 16.3. The maximum Gasteiger partial charge on any atom is 0.217 e. The molecule has 1 aromatic rings. The Hall–Kier alpha value is -1.61. The van der Waals surface area contributed by atoms with E-state index in [0.29, 0.717) is 18.3 Å².